The van der Waals surface area contributed by atoms with E-state index in [2.05, 4.69) is 29.5 Å². The van der Waals surface area contributed by atoms with Crippen LogP contribution in [0.3, 0.4) is 0 Å². The maximum atomic E-state index is 4.15. The zero-order valence-corrected chi connectivity index (χ0v) is 12.0. The van der Waals surface area contributed by atoms with Crippen molar-refractivity contribution in [2.75, 3.05) is 21.1 Å². The van der Waals surface area contributed by atoms with Crippen molar-refractivity contribution in [3.63, 3.8) is 0 Å². The van der Waals surface area contributed by atoms with Gasteiger partial charge in [-0.15, -0.1) is 0 Å². The van der Waals surface area contributed by atoms with Crippen molar-refractivity contribution in [2.24, 2.45) is 10.2 Å². The van der Waals surface area contributed by atoms with Gasteiger partial charge in [-0.25, -0.2) is 0 Å². The summed E-state index contributed by atoms with van der Waals surface area (Å²) in [5.41, 5.74) is 4.84. The first-order chi connectivity index (χ1) is 8.63. The molecule has 1 aromatic carbocycles. The summed E-state index contributed by atoms with van der Waals surface area (Å²) in [6.07, 6.45) is 4.84. The fourth-order valence-electron chi connectivity index (χ4n) is 0.989. The van der Waals surface area contributed by atoms with Crippen molar-refractivity contribution in [1.82, 2.24) is 10.4 Å². The molecular formula is C14H24N4. The Bertz CT molecular complexity index is 353. The van der Waals surface area contributed by atoms with Gasteiger partial charge in [-0.3, -0.25) is 0 Å². The maximum absolute atomic E-state index is 4.15. The van der Waals surface area contributed by atoms with E-state index in [-0.39, 0.29) is 0 Å². The molecule has 0 saturated heterocycles. The van der Waals surface area contributed by atoms with E-state index in [0.717, 1.165) is 11.1 Å². The molecule has 4 nitrogen and oxygen atoms in total. The Morgan fingerprint density at radius 1 is 1.06 bits per heavy atom. The van der Waals surface area contributed by atoms with Crippen LogP contribution in [0.25, 0.3) is 0 Å². The first kappa shape index (κ1) is 16.2. The number of rotatable bonds is 4. The molecule has 0 fully saturated rings. The molecule has 0 atom stereocenters. The van der Waals surface area contributed by atoms with Gasteiger partial charge in [-0.2, -0.15) is 10.2 Å². The fraction of sp³-hybridized carbons (Fsp3) is 0.429. The number of nitrogens with one attached hydrogen (secondary N) is 1. The van der Waals surface area contributed by atoms with E-state index in [4.69, 9.17) is 0 Å². The molecule has 0 saturated carbocycles. The van der Waals surface area contributed by atoms with Crippen LogP contribution in [-0.2, 0) is 0 Å². The van der Waals surface area contributed by atoms with Gasteiger partial charge in [0.2, 0.25) is 0 Å². The molecule has 0 aliphatic carbocycles. The molecule has 1 rings (SSSR count). The number of hydrogen-bond donors (Lipinski definition) is 1. The molecule has 18 heavy (non-hydrogen) atoms. The topological polar surface area (TPSA) is 40.0 Å². The Balaban J connectivity index is 0.000000873. The molecule has 0 radical (unpaired) electrons. The van der Waals surface area contributed by atoms with E-state index in [1.165, 1.54) is 6.42 Å². The molecular weight excluding hydrogens is 224 g/mol. The molecule has 0 bridgehead atoms. The van der Waals surface area contributed by atoms with E-state index < -0.39 is 0 Å². The molecule has 0 spiro atoms. The van der Waals surface area contributed by atoms with Crippen LogP contribution in [0, 0.1) is 0 Å². The van der Waals surface area contributed by atoms with Gasteiger partial charge in [0.15, 0.2) is 0 Å². The van der Waals surface area contributed by atoms with Gasteiger partial charge in [-0.1, -0.05) is 44.5 Å². The van der Waals surface area contributed by atoms with Crippen LogP contribution in [0.4, 0.5) is 0 Å². The standard InChI is InChI=1S/C11H16N4.C3H8/c1-12-13-8-10-4-6-11(7-5-10)9-14-15(2)3;1-3-2/h4-9,12H,1-3H3;3H2,1-2H3/b13-8+,14-9+;. The monoisotopic (exact) mass is 248 g/mol. The fourth-order valence-corrected chi connectivity index (χ4v) is 0.989. The Morgan fingerprint density at radius 3 is 1.89 bits per heavy atom. The predicted molar refractivity (Wildman–Crippen MR) is 80.3 cm³/mol. The normalized spacial score (nSPS) is 10.3. The Labute approximate surface area is 110 Å². The van der Waals surface area contributed by atoms with E-state index >= 15 is 0 Å². The minimum atomic E-state index is 1.06. The third-order valence-corrected chi connectivity index (χ3v) is 1.72. The molecule has 100 valence electrons. The summed E-state index contributed by atoms with van der Waals surface area (Å²) < 4.78 is 0. The van der Waals surface area contributed by atoms with Crippen LogP contribution in [0.5, 0.6) is 0 Å². The average Bonchev–Trinajstić information content (AvgIpc) is 2.36. The van der Waals surface area contributed by atoms with Crippen LogP contribution in [0.2, 0.25) is 0 Å². The van der Waals surface area contributed by atoms with E-state index in [1.807, 2.05) is 44.6 Å². The zero-order chi connectivity index (χ0) is 13.8. The van der Waals surface area contributed by atoms with Crippen LogP contribution in [0.15, 0.2) is 34.5 Å². The minimum Gasteiger partial charge on any atom is -0.313 e. The average molecular weight is 248 g/mol. The second-order valence-corrected chi connectivity index (χ2v) is 3.95. The summed E-state index contributed by atoms with van der Waals surface area (Å²) in [7, 11) is 5.56. The third kappa shape index (κ3) is 8.33. The molecule has 0 aromatic heterocycles. The highest BCUT2D eigenvalue weighted by Crippen LogP contribution is 2.00. The molecule has 0 heterocycles. The van der Waals surface area contributed by atoms with Crippen molar-refractivity contribution in [3.8, 4) is 0 Å². The van der Waals surface area contributed by atoms with Crippen molar-refractivity contribution in [2.45, 2.75) is 20.3 Å². The van der Waals surface area contributed by atoms with E-state index in [0.29, 0.717) is 0 Å². The lowest BCUT2D eigenvalue weighted by molar-refractivity contribution is 0.440. The van der Waals surface area contributed by atoms with Gasteiger partial charge in [0.25, 0.3) is 0 Å². The van der Waals surface area contributed by atoms with Gasteiger partial charge in [0.1, 0.15) is 0 Å². The summed E-state index contributed by atoms with van der Waals surface area (Å²) in [5, 5.41) is 9.84. The smallest absolute Gasteiger partial charge is 0.0542 e. The molecule has 0 unspecified atom stereocenters. The number of hydrogen-bond acceptors (Lipinski definition) is 4. The predicted octanol–water partition coefficient (Wildman–Crippen LogP) is 2.55. The second kappa shape index (κ2) is 10.3. The largest absolute Gasteiger partial charge is 0.313 e. The number of hydrazone groups is 2. The van der Waals surface area contributed by atoms with Crippen molar-refractivity contribution < 1.29 is 0 Å². The highest BCUT2D eigenvalue weighted by atomic mass is 15.4. The summed E-state index contributed by atoms with van der Waals surface area (Å²) in [6, 6.07) is 8.00. The maximum Gasteiger partial charge on any atom is 0.0542 e. The summed E-state index contributed by atoms with van der Waals surface area (Å²) in [4.78, 5) is 0. The molecule has 0 aliphatic rings. The Kier molecular flexibility index (Phi) is 9.27. The first-order valence-corrected chi connectivity index (χ1v) is 6.15. The summed E-state index contributed by atoms with van der Waals surface area (Å²) in [5.74, 6) is 0. The minimum absolute atomic E-state index is 1.06. The lowest BCUT2D eigenvalue weighted by Crippen LogP contribution is -2.01. The van der Waals surface area contributed by atoms with Gasteiger partial charge >= 0.3 is 0 Å². The van der Waals surface area contributed by atoms with Crippen LogP contribution in [0.1, 0.15) is 31.4 Å². The third-order valence-electron chi connectivity index (χ3n) is 1.72. The van der Waals surface area contributed by atoms with Crippen LogP contribution >= 0.6 is 0 Å². The Hall–Kier alpha value is -1.84. The lowest BCUT2D eigenvalue weighted by Gasteiger charge is -2.02. The van der Waals surface area contributed by atoms with Crippen LogP contribution < -0.4 is 5.43 Å². The number of benzene rings is 1. The van der Waals surface area contributed by atoms with Crippen molar-refractivity contribution in [3.05, 3.63) is 35.4 Å². The molecule has 0 aliphatic heterocycles. The lowest BCUT2D eigenvalue weighted by atomic mass is 10.2. The van der Waals surface area contributed by atoms with Gasteiger partial charge in [-0.05, 0) is 11.1 Å². The van der Waals surface area contributed by atoms with Gasteiger partial charge in [0, 0.05) is 21.1 Å². The first-order valence-electron chi connectivity index (χ1n) is 6.15. The van der Waals surface area contributed by atoms with Crippen molar-refractivity contribution in [1.29, 1.82) is 0 Å². The zero-order valence-electron chi connectivity index (χ0n) is 12.0. The van der Waals surface area contributed by atoms with E-state index in [9.17, 15) is 0 Å². The SMILES string of the molecule is CCC.CN/N=C/c1ccc(/C=N/N(C)C)cc1. The van der Waals surface area contributed by atoms with Crippen molar-refractivity contribution >= 4 is 12.4 Å². The molecule has 0 amide bonds. The van der Waals surface area contributed by atoms with Gasteiger partial charge in [0.05, 0.1) is 12.4 Å². The summed E-state index contributed by atoms with van der Waals surface area (Å²) in [6.45, 7) is 4.25. The quantitative estimate of drug-likeness (QED) is 0.657. The highest BCUT2D eigenvalue weighted by Gasteiger charge is 1.89. The van der Waals surface area contributed by atoms with Crippen LogP contribution in [-0.4, -0.2) is 38.6 Å². The molecule has 1 aromatic rings. The molecule has 1 N–H and O–H groups in total. The highest BCUT2D eigenvalue weighted by molar-refractivity contribution is 5.83. The summed E-state index contributed by atoms with van der Waals surface area (Å²) >= 11 is 0. The Morgan fingerprint density at radius 2 is 1.50 bits per heavy atom. The molecule has 4 heteroatoms. The second-order valence-electron chi connectivity index (χ2n) is 3.95. The number of nitrogens with zero attached hydrogens (tertiary/aromatic N) is 3. The van der Waals surface area contributed by atoms with Gasteiger partial charge < -0.3 is 10.4 Å². The van der Waals surface area contributed by atoms with E-state index in [1.54, 1.807) is 18.3 Å².